The summed E-state index contributed by atoms with van der Waals surface area (Å²) in [5, 5.41) is 0. The normalized spacial score (nSPS) is 14.4. The first kappa shape index (κ1) is 19.1. The summed E-state index contributed by atoms with van der Waals surface area (Å²) in [5.74, 6) is -0.0495. The lowest BCUT2D eigenvalue weighted by atomic mass is 10.1. The van der Waals surface area contributed by atoms with Crippen molar-refractivity contribution < 1.29 is 18.0 Å². The third-order valence-electron chi connectivity index (χ3n) is 4.68. The smallest absolute Gasteiger partial charge is 0.258 e. The van der Waals surface area contributed by atoms with Gasteiger partial charge in [-0.2, -0.15) is 0 Å². The number of hydrogen-bond acceptors (Lipinski definition) is 4. The fourth-order valence-electron chi connectivity index (χ4n) is 3.12. The first-order chi connectivity index (χ1) is 12.8. The SMILES string of the molecule is CN(C(=O)c1cccc(CN2CCCC2=O)c1)c1ccc(S(C)(=O)=O)cc1. The Morgan fingerprint density at radius 1 is 1.15 bits per heavy atom. The molecule has 0 radical (unpaired) electrons. The van der Waals surface area contributed by atoms with E-state index in [2.05, 4.69) is 0 Å². The van der Waals surface area contributed by atoms with Gasteiger partial charge < -0.3 is 9.80 Å². The summed E-state index contributed by atoms with van der Waals surface area (Å²) >= 11 is 0. The number of nitrogens with zero attached hydrogens (tertiary/aromatic N) is 2. The minimum Gasteiger partial charge on any atom is -0.338 e. The van der Waals surface area contributed by atoms with E-state index in [1.807, 2.05) is 12.1 Å². The molecular formula is C20H22N2O4S. The number of benzene rings is 2. The number of hydrogen-bond donors (Lipinski definition) is 0. The zero-order valence-electron chi connectivity index (χ0n) is 15.4. The van der Waals surface area contributed by atoms with Crippen molar-refractivity contribution in [1.82, 2.24) is 4.90 Å². The predicted octanol–water partition coefficient (Wildman–Crippen LogP) is 2.49. The molecule has 7 heteroatoms. The molecule has 0 bridgehead atoms. The Hall–Kier alpha value is -2.67. The Balaban J connectivity index is 1.76. The largest absolute Gasteiger partial charge is 0.338 e. The Morgan fingerprint density at radius 2 is 1.85 bits per heavy atom. The second kappa shape index (κ2) is 7.52. The van der Waals surface area contributed by atoms with E-state index in [9.17, 15) is 18.0 Å². The number of amides is 2. The molecule has 0 spiro atoms. The Kier molecular flexibility index (Phi) is 5.32. The molecule has 3 rings (SSSR count). The molecule has 0 N–H and O–H groups in total. The standard InChI is InChI=1S/C20H22N2O4S/c1-21(17-8-10-18(11-9-17)27(2,25)26)20(24)16-6-3-5-15(13-16)14-22-12-4-7-19(22)23/h3,5-6,8-11,13H,4,7,12,14H2,1-2H3. The number of carbonyl (C=O) groups is 2. The molecule has 2 aromatic carbocycles. The number of sulfone groups is 1. The maximum absolute atomic E-state index is 12.8. The molecule has 2 aromatic rings. The van der Waals surface area contributed by atoms with Crippen LogP contribution in [0.1, 0.15) is 28.8 Å². The number of carbonyl (C=O) groups excluding carboxylic acids is 2. The van der Waals surface area contributed by atoms with Crippen LogP contribution < -0.4 is 4.90 Å². The van der Waals surface area contributed by atoms with Crippen LogP contribution in [0.15, 0.2) is 53.4 Å². The van der Waals surface area contributed by atoms with E-state index in [1.54, 1.807) is 36.2 Å². The minimum atomic E-state index is -3.28. The third kappa shape index (κ3) is 4.36. The van der Waals surface area contributed by atoms with Crippen LogP contribution in [0.4, 0.5) is 5.69 Å². The highest BCUT2D eigenvalue weighted by Crippen LogP contribution is 2.20. The quantitative estimate of drug-likeness (QED) is 0.791. The van der Waals surface area contributed by atoms with E-state index in [0.717, 1.165) is 24.8 Å². The lowest BCUT2D eigenvalue weighted by Gasteiger charge is -2.19. The monoisotopic (exact) mass is 386 g/mol. The van der Waals surface area contributed by atoms with E-state index in [-0.39, 0.29) is 16.7 Å². The second-order valence-corrected chi connectivity index (χ2v) is 8.77. The van der Waals surface area contributed by atoms with Gasteiger partial charge in [0.25, 0.3) is 5.91 Å². The Labute approximate surface area is 159 Å². The summed E-state index contributed by atoms with van der Waals surface area (Å²) < 4.78 is 23.1. The molecule has 1 aliphatic rings. The summed E-state index contributed by atoms with van der Waals surface area (Å²) in [5.41, 5.74) is 2.04. The fourth-order valence-corrected chi connectivity index (χ4v) is 3.75. The van der Waals surface area contributed by atoms with E-state index >= 15 is 0 Å². The molecule has 2 amide bonds. The lowest BCUT2D eigenvalue weighted by molar-refractivity contribution is -0.128. The zero-order chi connectivity index (χ0) is 19.6. The van der Waals surface area contributed by atoms with Crippen molar-refractivity contribution in [3.63, 3.8) is 0 Å². The molecule has 1 heterocycles. The fraction of sp³-hybridized carbons (Fsp3) is 0.300. The molecule has 27 heavy (non-hydrogen) atoms. The molecule has 0 saturated carbocycles. The van der Waals surface area contributed by atoms with Gasteiger partial charge in [-0.15, -0.1) is 0 Å². The molecule has 1 aliphatic heterocycles. The summed E-state index contributed by atoms with van der Waals surface area (Å²) in [6, 6.07) is 13.5. The molecule has 1 fully saturated rings. The van der Waals surface area contributed by atoms with Crippen molar-refractivity contribution in [1.29, 1.82) is 0 Å². The molecule has 0 aliphatic carbocycles. The van der Waals surface area contributed by atoms with E-state index in [0.29, 0.717) is 24.2 Å². The van der Waals surface area contributed by atoms with Crippen LogP contribution in [0.25, 0.3) is 0 Å². The van der Waals surface area contributed by atoms with E-state index < -0.39 is 9.84 Å². The number of anilines is 1. The first-order valence-corrected chi connectivity index (χ1v) is 10.6. The summed E-state index contributed by atoms with van der Waals surface area (Å²) in [4.78, 5) is 28.1. The van der Waals surface area contributed by atoms with Crippen molar-refractivity contribution in [2.75, 3.05) is 24.7 Å². The highest BCUT2D eigenvalue weighted by atomic mass is 32.2. The zero-order valence-corrected chi connectivity index (χ0v) is 16.2. The van der Waals surface area contributed by atoms with Gasteiger partial charge in [0, 0.05) is 44.1 Å². The van der Waals surface area contributed by atoms with Crippen molar-refractivity contribution in [3.05, 3.63) is 59.7 Å². The molecule has 0 aromatic heterocycles. The van der Waals surface area contributed by atoms with E-state index in [1.165, 1.54) is 17.0 Å². The minimum absolute atomic E-state index is 0.148. The van der Waals surface area contributed by atoms with Crippen molar-refractivity contribution >= 4 is 27.3 Å². The van der Waals surface area contributed by atoms with Crippen molar-refractivity contribution in [2.45, 2.75) is 24.3 Å². The van der Waals surface area contributed by atoms with Crippen LogP contribution in [0.2, 0.25) is 0 Å². The Morgan fingerprint density at radius 3 is 2.44 bits per heavy atom. The van der Waals surface area contributed by atoms with Gasteiger partial charge in [-0.25, -0.2) is 8.42 Å². The molecule has 6 nitrogen and oxygen atoms in total. The summed E-state index contributed by atoms with van der Waals surface area (Å²) in [7, 11) is -1.63. The highest BCUT2D eigenvalue weighted by molar-refractivity contribution is 7.90. The van der Waals surface area contributed by atoms with Crippen molar-refractivity contribution in [2.24, 2.45) is 0 Å². The van der Waals surface area contributed by atoms with Crippen LogP contribution >= 0.6 is 0 Å². The van der Waals surface area contributed by atoms with Crippen molar-refractivity contribution in [3.8, 4) is 0 Å². The van der Waals surface area contributed by atoms with Crippen LogP contribution in [0, 0.1) is 0 Å². The van der Waals surface area contributed by atoms with Gasteiger partial charge in [0.1, 0.15) is 0 Å². The summed E-state index contributed by atoms with van der Waals surface area (Å²) in [6.45, 7) is 1.26. The van der Waals surface area contributed by atoms with Crippen LogP contribution in [0.3, 0.4) is 0 Å². The number of likely N-dealkylation sites (tertiary alicyclic amines) is 1. The maximum atomic E-state index is 12.8. The first-order valence-electron chi connectivity index (χ1n) is 8.70. The van der Waals surface area contributed by atoms with Gasteiger partial charge in [-0.3, -0.25) is 9.59 Å². The average molecular weight is 386 g/mol. The molecule has 0 unspecified atom stereocenters. The van der Waals surface area contributed by atoms with Gasteiger partial charge in [-0.1, -0.05) is 12.1 Å². The maximum Gasteiger partial charge on any atom is 0.258 e. The van der Waals surface area contributed by atoms with Crippen LogP contribution in [-0.2, 0) is 21.2 Å². The predicted molar refractivity (Wildman–Crippen MR) is 103 cm³/mol. The van der Waals surface area contributed by atoms with E-state index in [4.69, 9.17) is 0 Å². The van der Waals surface area contributed by atoms with Crippen LogP contribution in [-0.4, -0.2) is 45.0 Å². The van der Waals surface area contributed by atoms with Gasteiger partial charge in [0.05, 0.1) is 4.90 Å². The molecule has 1 saturated heterocycles. The third-order valence-corrected chi connectivity index (χ3v) is 5.80. The second-order valence-electron chi connectivity index (χ2n) is 6.75. The average Bonchev–Trinajstić information content (AvgIpc) is 3.05. The highest BCUT2D eigenvalue weighted by Gasteiger charge is 2.21. The Bertz CT molecular complexity index is 968. The lowest BCUT2D eigenvalue weighted by Crippen LogP contribution is -2.27. The van der Waals surface area contributed by atoms with Crippen LogP contribution in [0.5, 0.6) is 0 Å². The topological polar surface area (TPSA) is 74.8 Å². The molecule has 0 atom stereocenters. The van der Waals surface area contributed by atoms with Gasteiger partial charge in [0.2, 0.25) is 5.91 Å². The number of rotatable bonds is 5. The molecular weight excluding hydrogens is 364 g/mol. The van der Waals surface area contributed by atoms with Gasteiger partial charge >= 0.3 is 0 Å². The van der Waals surface area contributed by atoms with Gasteiger partial charge in [0.15, 0.2) is 9.84 Å². The molecule has 142 valence electrons. The van der Waals surface area contributed by atoms with Gasteiger partial charge in [-0.05, 0) is 48.4 Å². The summed E-state index contributed by atoms with van der Waals surface area (Å²) in [6.07, 6.45) is 2.61.